The molecule has 0 aliphatic rings. The van der Waals surface area contributed by atoms with E-state index in [1.54, 1.807) is 12.1 Å². The second-order valence-corrected chi connectivity index (χ2v) is 8.61. The van der Waals surface area contributed by atoms with Gasteiger partial charge < -0.3 is 4.42 Å². The highest BCUT2D eigenvalue weighted by Gasteiger charge is 2.15. The van der Waals surface area contributed by atoms with Crippen LogP contribution in [0.2, 0.25) is 0 Å². The van der Waals surface area contributed by atoms with Crippen LogP contribution >= 0.6 is 0 Å². The average Bonchev–Trinajstić information content (AvgIpc) is 3.27. The van der Waals surface area contributed by atoms with Crippen LogP contribution in [0.1, 0.15) is 24.0 Å². The van der Waals surface area contributed by atoms with Gasteiger partial charge in [-0.15, -0.1) is 0 Å². The Hall–Kier alpha value is -4.24. The zero-order valence-electron chi connectivity index (χ0n) is 18.7. The monoisotopic (exact) mass is 443 g/mol. The molecule has 0 fully saturated rings. The topological polar surface area (TPSA) is 26.0 Å². The average molecular weight is 444 g/mol. The van der Waals surface area contributed by atoms with Crippen LogP contribution < -0.4 is 0 Å². The number of aromatic nitrogens is 1. The minimum absolute atomic E-state index is 0.241. The minimum Gasteiger partial charge on any atom is -0.455 e. The number of pyridine rings is 1. The van der Waals surface area contributed by atoms with Gasteiger partial charge in [-0.05, 0) is 64.7 Å². The van der Waals surface area contributed by atoms with E-state index in [1.807, 2.05) is 18.3 Å². The maximum atomic E-state index is 13.4. The molecule has 2 aromatic heterocycles. The number of furan rings is 1. The summed E-state index contributed by atoms with van der Waals surface area (Å²) in [6.45, 7) is 2.22. The number of rotatable bonds is 4. The fourth-order valence-electron chi connectivity index (χ4n) is 4.62. The van der Waals surface area contributed by atoms with Crippen LogP contribution in [0.3, 0.4) is 0 Å². The van der Waals surface area contributed by atoms with Gasteiger partial charge in [-0.1, -0.05) is 67.6 Å². The van der Waals surface area contributed by atoms with Crippen LogP contribution in [0.15, 0.2) is 114 Å². The Morgan fingerprint density at radius 1 is 0.706 bits per heavy atom. The molecule has 164 valence electrons. The highest BCUT2D eigenvalue weighted by atomic mass is 19.1. The first-order valence-corrected chi connectivity index (χ1v) is 11.4. The van der Waals surface area contributed by atoms with Gasteiger partial charge in [-0.2, -0.15) is 0 Å². The number of hydrogen-bond acceptors (Lipinski definition) is 2. The summed E-state index contributed by atoms with van der Waals surface area (Å²) in [5, 5.41) is 2.11. The predicted molar refractivity (Wildman–Crippen MR) is 136 cm³/mol. The lowest BCUT2D eigenvalue weighted by Gasteiger charge is -2.13. The third-order valence-corrected chi connectivity index (χ3v) is 6.54. The summed E-state index contributed by atoms with van der Waals surface area (Å²) in [7, 11) is 0. The molecular weight excluding hydrogens is 421 g/mol. The molecule has 0 amide bonds. The molecule has 0 aliphatic heterocycles. The lowest BCUT2D eigenvalue weighted by molar-refractivity contribution is 0.628. The molecule has 1 atom stereocenters. The number of halogens is 1. The smallest absolute Gasteiger partial charge is 0.144 e. The summed E-state index contributed by atoms with van der Waals surface area (Å²) >= 11 is 0. The van der Waals surface area contributed by atoms with Crippen LogP contribution in [0.4, 0.5) is 4.39 Å². The molecule has 34 heavy (non-hydrogen) atoms. The van der Waals surface area contributed by atoms with Crippen molar-refractivity contribution in [2.24, 2.45) is 0 Å². The van der Waals surface area contributed by atoms with Gasteiger partial charge in [-0.25, -0.2) is 4.39 Å². The Balaban J connectivity index is 1.45. The quantitative estimate of drug-likeness (QED) is 0.273. The first-order chi connectivity index (χ1) is 16.7. The van der Waals surface area contributed by atoms with Gasteiger partial charge in [0, 0.05) is 28.5 Å². The summed E-state index contributed by atoms with van der Waals surface area (Å²) in [4.78, 5) is 4.68. The van der Waals surface area contributed by atoms with Gasteiger partial charge >= 0.3 is 0 Å². The Morgan fingerprint density at radius 2 is 1.50 bits per heavy atom. The number of fused-ring (bicyclic) bond motifs is 3. The van der Waals surface area contributed by atoms with Crippen molar-refractivity contribution in [3.05, 3.63) is 126 Å². The van der Waals surface area contributed by atoms with Crippen molar-refractivity contribution >= 4 is 21.9 Å². The lowest BCUT2D eigenvalue weighted by Crippen LogP contribution is -1.97. The third kappa shape index (κ3) is 3.56. The van der Waals surface area contributed by atoms with Gasteiger partial charge in [0.05, 0.1) is 5.69 Å². The Kier molecular flexibility index (Phi) is 4.96. The second-order valence-electron chi connectivity index (χ2n) is 8.61. The van der Waals surface area contributed by atoms with Crippen LogP contribution in [0.5, 0.6) is 0 Å². The molecule has 0 N–H and O–H groups in total. The fourth-order valence-corrected chi connectivity index (χ4v) is 4.62. The van der Waals surface area contributed by atoms with Gasteiger partial charge in [0.2, 0.25) is 0 Å². The minimum atomic E-state index is -0.241. The van der Waals surface area contributed by atoms with Gasteiger partial charge in [0.1, 0.15) is 17.0 Å². The summed E-state index contributed by atoms with van der Waals surface area (Å²) in [6.07, 6.45) is 1.87. The van der Waals surface area contributed by atoms with Crippen molar-refractivity contribution in [2.75, 3.05) is 0 Å². The zero-order chi connectivity index (χ0) is 23.1. The van der Waals surface area contributed by atoms with Crippen molar-refractivity contribution in [2.45, 2.75) is 12.8 Å². The van der Waals surface area contributed by atoms with Crippen LogP contribution in [-0.2, 0) is 0 Å². The Morgan fingerprint density at radius 3 is 2.32 bits per heavy atom. The van der Waals surface area contributed by atoms with Crippen molar-refractivity contribution in [3.8, 4) is 22.4 Å². The van der Waals surface area contributed by atoms with E-state index in [4.69, 9.17) is 4.42 Å². The lowest BCUT2D eigenvalue weighted by atomic mass is 9.92. The highest BCUT2D eigenvalue weighted by molar-refractivity contribution is 6.10. The molecule has 0 bridgehead atoms. The summed E-state index contributed by atoms with van der Waals surface area (Å²) in [6, 6.07) is 33.6. The molecule has 0 saturated heterocycles. The molecular formula is C31H22FNO. The van der Waals surface area contributed by atoms with E-state index in [9.17, 15) is 4.39 Å². The van der Waals surface area contributed by atoms with E-state index in [2.05, 4.69) is 78.6 Å². The molecule has 4 aromatic carbocycles. The first kappa shape index (κ1) is 20.4. The molecule has 3 heteroatoms. The maximum absolute atomic E-state index is 13.4. The second kappa shape index (κ2) is 8.27. The normalized spacial score (nSPS) is 12.3. The van der Waals surface area contributed by atoms with Crippen molar-refractivity contribution in [1.82, 2.24) is 4.98 Å². The number of benzene rings is 4. The largest absolute Gasteiger partial charge is 0.455 e. The molecule has 0 aliphatic carbocycles. The third-order valence-electron chi connectivity index (χ3n) is 6.54. The van der Waals surface area contributed by atoms with Crippen molar-refractivity contribution < 1.29 is 8.81 Å². The van der Waals surface area contributed by atoms with E-state index in [-0.39, 0.29) is 11.7 Å². The zero-order valence-corrected chi connectivity index (χ0v) is 18.7. The van der Waals surface area contributed by atoms with Crippen LogP contribution in [0.25, 0.3) is 44.3 Å². The Labute approximate surface area is 197 Å². The first-order valence-electron chi connectivity index (χ1n) is 11.4. The number of nitrogens with zero attached hydrogens (tertiary/aromatic N) is 1. The van der Waals surface area contributed by atoms with Gasteiger partial charge in [-0.3, -0.25) is 4.98 Å². The molecule has 0 saturated carbocycles. The molecule has 2 nitrogen and oxygen atoms in total. The SMILES string of the molecule is CC(c1ccccc1)c1ccnc(-c2cccc3c2oc2cc(-c4ccc(F)cc4)ccc23)c1. The molecule has 6 rings (SSSR count). The van der Waals surface area contributed by atoms with Crippen molar-refractivity contribution in [3.63, 3.8) is 0 Å². The predicted octanol–water partition coefficient (Wildman–Crippen LogP) is 8.61. The van der Waals surface area contributed by atoms with Crippen molar-refractivity contribution in [1.29, 1.82) is 0 Å². The maximum Gasteiger partial charge on any atom is 0.144 e. The molecule has 6 aromatic rings. The highest BCUT2D eigenvalue weighted by Crippen LogP contribution is 2.37. The summed E-state index contributed by atoms with van der Waals surface area (Å²) in [5.74, 6) is 0.0191. The molecule has 2 heterocycles. The van der Waals surface area contributed by atoms with Gasteiger partial charge in [0.15, 0.2) is 0 Å². The molecule has 1 unspecified atom stereocenters. The van der Waals surface area contributed by atoms with E-state index in [0.29, 0.717) is 0 Å². The molecule has 0 spiro atoms. The van der Waals surface area contributed by atoms with Crippen LogP contribution in [0, 0.1) is 5.82 Å². The number of para-hydroxylation sites is 1. The Bertz CT molecular complexity index is 1620. The van der Waals surface area contributed by atoms with E-state index in [1.165, 1.54) is 23.3 Å². The summed E-state index contributed by atoms with van der Waals surface area (Å²) < 4.78 is 19.7. The standard InChI is InChI=1S/C31H22FNO/c1-20(21-6-3-2-4-7-21)23-16-17-33-29(18-23)28-9-5-8-27-26-15-12-24(19-30(26)34-31(27)28)22-10-13-25(32)14-11-22/h2-20H,1H3. The van der Waals surface area contributed by atoms with Crippen LogP contribution in [-0.4, -0.2) is 4.98 Å². The van der Waals surface area contributed by atoms with Gasteiger partial charge in [0.25, 0.3) is 0 Å². The van der Waals surface area contributed by atoms with E-state index in [0.717, 1.165) is 44.3 Å². The molecule has 0 radical (unpaired) electrons. The van der Waals surface area contributed by atoms with E-state index >= 15 is 0 Å². The summed E-state index contributed by atoms with van der Waals surface area (Å²) in [5.41, 5.74) is 7.92. The van der Waals surface area contributed by atoms with E-state index < -0.39 is 0 Å². The number of hydrogen-bond donors (Lipinski definition) is 0. The fraction of sp³-hybridized carbons (Fsp3) is 0.0645.